The number of rotatable bonds is 7. The summed E-state index contributed by atoms with van der Waals surface area (Å²) in [5.41, 5.74) is 1.36. The van der Waals surface area contributed by atoms with Gasteiger partial charge in [0.1, 0.15) is 11.4 Å². The number of fused-ring (bicyclic) bond motifs is 1. The molecule has 10 nitrogen and oxygen atoms in total. The second-order valence-electron chi connectivity index (χ2n) is 11.5. The van der Waals surface area contributed by atoms with E-state index in [4.69, 9.17) is 14.5 Å². The molecule has 3 aliphatic rings. The molecule has 3 heterocycles. The number of nitrogens with one attached hydrogen (secondary N) is 2. The molecule has 0 radical (unpaired) electrons. The van der Waals surface area contributed by atoms with E-state index in [0.29, 0.717) is 53.7 Å². The first-order chi connectivity index (χ1) is 18.8. The summed E-state index contributed by atoms with van der Waals surface area (Å²) in [7, 11) is 3.37. The predicted molar refractivity (Wildman–Crippen MR) is 151 cm³/mol. The van der Waals surface area contributed by atoms with Crippen LogP contribution in [0, 0.1) is 11.3 Å². The Kier molecular flexibility index (Phi) is 7.93. The van der Waals surface area contributed by atoms with Crippen molar-refractivity contribution in [1.82, 2.24) is 15.3 Å². The zero-order chi connectivity index (χ0) is 27.6. The smallest absolute Gasteiger partial charge is 0.251 e. The van der Waals surface area contributed by atoms with Crippen LogP contribution in [0.2, 0.25) is 0 Å². The number of hydrogen-bond donors (Lipinski definition) is 2. The van der Waals surface area contributed by atoms with E-state index < -0.39 is 5.41 Å². The van der Waals surface area contributed by atoms with Crippen LogP contribution in [0.1, 0.15) is 62.7 Å². The minimum atomic E-state index is -0.546. The molecule has 39 heavy (non-hydrogen) atoms. The van der Waals surface area contributed by atoms with Gasteiger partial charge in [0.2, 0.25) is 11.9 Å². The number of anilines is 4. The molecular formula is C29H40N6O4. The zero-order valence-corrected chi connectivity index (χ0v) is 23.5. The van der Waals surface area contributed by atoms with Gasteiger partial charge in [0.15, 0.2) is 5.82 Å². The van der Waals surface area contributed by atoms with Crippen molar-refractivity contribution in [2.24, 2.45) is 11.3 Å². The zero-order valence-electron chi connectivity index (χ0n) is 23.5. The van der Waals surface area contributed by atoms with Crippen LogP contribution in [0.5, 0.6) is 5.75 Å². The van der Waals surface area contributed by atoms with Crippen molar-refractivity contribution in [3.63, 3.8) is 0 Å². The van der Waals surface area contributed by atoms with Gasteiger partial charge in [0.25, 0.3) is 5.91 Å². The van der Waals surface area contributed by atoms with Crippen LogP contribution in [-0.2, 0) is 9.53 Å². The number of carbonyl (C=O) groups is 2. The molecule has 0 bridgehead atoms. The summed E-state index contributed by atoms with van der Waals surface area (Å²) < 4.78 is 11.0. The monoisotopic (exact) mass is 536 g/mol. The van der Waals surface area contributed by atoms with Crippen LogP contribution < -0.4 is 25.2 Å². The number of ether oxygens (including phenoxy) is 2. The summed E-state index contributed by atoms with van der Waals surface area (Å²) in [6.07, 6.45) is 8.20. The van der Waals surface area contributed by atoms with Gasteiger partial charge in [-0.05, 0) is 63.6 Å². The molecule has 0 spiro atoms. The highest BCUT2D eigenvalue weighted by molar-refractivity contribution is 6.01. The normalized spacial score (nSPS) is 19.9. The van der Waals surface area contributed by atoms with E-state index in [0.717, 1.165) is 44.7 Å². The number of methoxy groups -OCH3 is 1. The van der Waals surface area contributed by atoms with Gasteiger partial charge in [-0.3, -0.25) is 9.59 Å². The summed E-state index contributed by atoms with van der Waals surface area (Å²) in [6, 6.07) is 5.65. The van der Waals surface area contributed by atoms with E-state index in [2.05, 4.69) is 20.5 Å². The van der Waals surface area contributed by atoms with Gasteiger partial charge in [-0.1, -0.05) is 12.8 Å². The van der Waals surface area contributed by atoms with Gasteiger partial charge < -0.3 is 29.9 Å². The quantitative estimate of drug-likeness (QED) is 0.544. The van der Waals surface area contributed by atoms with E-state index in [9.17, 15) is 9.59 Å². The fraction of sp³-hybridized carbons (Fsp3) is 0.586. The first-order valence-corrected chi connectivity index (χ1v) is 14.0. The van der Waals surface area contributed by atoms with Crippen molar-refractivity contribution in [3.8, 4) is 5.75 Å². The van der Waals surface area contributed by atoms with Gasteiger partial charge in [0, 0.05) is 45.0 Å². The van der Waals surface area contributed by atoms with E-state index in [1.165, 1.54) is 12.8 Å². The molecular weight excluding hydrogens is 496 g/mol. The summed E-state index contributed by atoms with van der Waals surface area (Å²) >= 11 is 0. The number of amides is 2. The molecule has 2 aliphatic heterocycles. The highest BCUT2D eigenvalue weighted by Gasteiger charge is 2.41. The summed E-state index contributed by atoms with van der Waals surface area (Å²) in [4.78, 5) is 39.5. The maximum absolute atomic E-state index is 13.2. The maximum Gasteiger partial charge on any atom is 0.251 e. The Morgan fingerprint density at radius 3 is 2.64 bits per heavy atom. The van der Waals surface area contributed by atoms with Crippen molar-refractivity contribution in [3.05, 3.63) is 30.0 Å². The lowest BCUT2D eigenvalue weighted by molar-refractivity contribution is -0.125. The topological polar surface area (TPSA) is 109 Å². The predicted octanol–water partition coefficient (Wildman–Crippen LogP) is 4.14. The van der Waals surface area contributed by atoms with Gasteiger partial charge in [0.05, 0.1) is 24.4 Å². The Morgan fingerprint density at radius 1 is 1.18 bits per heavy atom. The van der Waals surface area contributed by atoms with Crippen LogP contribution in [0.15, 0.2) is 24.4 Å². The minimum Gasteiger partial charge on any atom is -0.495 e. The molecule has 0 unspecified atom stereocenters. The molecule has 1 aromatic carbocycles. The first kappa shape index (κ1) is 27.2. The first-order valence-electron chi connectivity index (χ1n) is 14.0. The number of aromatic nitrogens is 2. The molecule has 210 valence electrons. The van der Waals surface area contributed by atoms with Crippen LogP contribution in [0.25, 0.3) is 0 Å². The van der Waals surface area contributed by atoms with Crippen molar-refractivity contribution >= 4 is 35.0 Å². The van der Waals surface area contributed by atoms with Gasteiger partial charge in [-0.25, -0.2) is 4.98 Å². The van der Waals surface area contributed by atoms with Crippen molar-refractivity contribution < 1.29 is 19.1 Å². The van der Waals surface area contributed by atoms with Crippen molar-refractivity contribution in [2.45, 2.75) is 58.4 Å². The lowest BCUT2D eigenvalue weighted by Gasteiger charge is -2.34. The van der Waals surface area contributed by atoms with Gasteiger partial charge >= 0.3 is 0 Å². The standard InChI is InChI=1S/C29H40N6O4/c1-29(2)18-35(21-7-5-6-8-21)25-23(34(3)27(29)37)17-31-28(33-25)32-22-10-9-20(15-24(22)38-4)26(36)30-16-19-11-13-39-14-12-19/h9-10,15,17,19,21H,5-8,11-14,16,18H2,1-4H3,(H,30,36)(H,31,32,33). The lowest BCUT2D eigenvalue weighted by Crippen LogP contribution is -2.45. The third-order valence-electron chi connectivity index (χ3n) is 8.20. The van der Waals surface area contributed by atoms with Crippen LogP contribution in [0.4, 0.5) is 23.1 Å². The van der Waals surface area contributed by atoms with E-state index >= 15 is 0 Å². The number of hydrogen-bond acceptors (Lipinski definition) is 8. The Bertz CT molecular complexity index is 1210. The number of carbonyl (C=O) groups excluding carboxylic acids is 2. The highest BCUT2D eigenvalue weighted by Crippen LogP contribution is 2.40. The molecule has 2 amide bonds. The van der Waals surface area contributed by atoms with Crippen LogP contribution in [-0.4, -0.2) is 68.3 Å². The molecule has 0 atom stereocenters. The Morgan fingerprint density at radius 2 is 1.92 bits per heavy atom. The largest absolute Gasteiger partial charge is 0.495 e. The second kappa shape index (κ2) is 11.4. The SMILES string of the molecule is COc1cc(C(=O)NCC2CCOCC2)ccc1Nc1ncc2c(n1)N(C1CCCC1)CC(C)(C)C(=O)N2C. The number of nitrogens with zero attached hydrogens (tertiary/aromatic N) is 4. The van der Waals surface area contributed by atoms with Gasteiger partial charge in [-0.15, -0.1) is 0 Å². The van der Waals surface area contributed by atoms with Gasteiger partial charge in [-0.2, -0.15) is 4.98 Å². The van der Waals surface area contributed by atoms with Crippen molar-refractivity contribution in [2.75, 3.05) is 55.6 Å². The van der Waals surface area contributed by atoms with Crippen LogP contribution >= 0.6 is 0 Å². The Balaban J connectivity index is 1.37. The molecule has 1 saturated carbocycles. The molecule has 2 N–H and O–H groups in total. The Hall–Kier alpha value is -3.40. The highest BCUT2D eigenvalue weighted by atomic mass is 16.5. The molecule has 1 aliphatic carbocycles. The molecule has 5 rings (SSSR count). The molecule has 10 heteroatoms. The van der Waals surface area contributed by atoms with E-state index in [1.54, 1.807) is 37.4 Å². The maximum atomic E-state index is 13.2. The van der Waals surface area contributed by atoms with Crippen molar-refractivity contribution in [1.29, 1.82) is 0 Å². The minimum absolute atomic E-state index is 0.0564. The van der Waals surface area contributed by atoms with Crippen LogP contribution in [0.3, 0.4) is 0 Å². The molecule has 2 aromatic rings. The summed E-state index contributed by atoms with van der Waals surface area (Å²) in [5.74, 6) is 2.07. The number of benzene rings is 1. The summed E-state index contributed by atoms with van der Waals surface area (Å²) in [6.45, 7) is 6.74. The summed E-state index contributed by atoms with van der Waals surface area (Å²) in [5, 5.41) is 6.32. The molecule has 1 aromatic heterocycles. The third-order valence-corrected chi connectivity index (χ3v) is 8.20. The second-order valence-corrected chi connectivity index (χ2v) is 11.5. The molecule has 1 saturated heterocycles. The van der Waals surface area contributed by atoms with E-state index in [1.807, 2.05) is 19.9 Å². The fourth-order valence-corrected chi connectivity index (χ4v) is 5.87. The lowest BCUT2D eigenvalue weighted by atomic mass is 9.91. The molecule has 2 fully saturated rings. The third kappa shape index (κ3) is 5.80. The Labute approximate surface area is 230 Å². The fourth-order valence-electron chi connectivity index (χ4n) is 5.87. The van der Waals surface area contributed by atoms with E-state index in [-0.39, 0.29) is 11.8 Å². The average Bonchev–Trinajstić information content (AvgIpc) is 3.47. The average molecular weight is 537 g/mol.